The van der Waals surface area contributed by atoms with Crippen LogP contribution in [-0.4, -0.2) is 66.9 Å². The Labute approximate surface area is 196 Å². The third kappa shape index (κ3) is 5.41. The standard InChI is InChI=1S/C26H37N3O4/c1-17(2)29-11-6-8-19(16-29)27-25(30)21-14-22(32-13-7-12-31-5)20-10-9-18-15-26(3,4)33-24(18)23(20)28-21/h9-10,14,17,19H,6-8,11-13,15-16H2,1-5H3,(H,27,30)/t19-/m1/s1. The number of aromatic nitrogens is 1. The highest BCUT2D eigenvalue weighted by atomic mass is 16.5. The molecule has 1 N–H and O–H groups in total. The van der Waals surface area contributed by atoms with Crippen LogP contribution in [0.25, 0.3) is 10.9 Å². The van der Waals surface area contributed by atoms with Crippen LogP contribution >= 0.6 is 0 Å². The molecule has 0 radical (unpaired) electrons. The summed E-state index contributed by atoms with van der Waals surface area (Å²) in [5.74, 6) is 1.26. The van der Waals surface area contributed by atoms with Crippen molar-refractivity contribution in [2.45, 2.75) is 71.1 Å². The minimum absolute atomic E-state index is 0.119. The van der Waals surface area contributed by atoms with Crippen molar-refractivity contribution < 1.29 is 19.0 Å². The summed E-state index contributed by atoms with van der Waals surface area (Å²) < 4.78 is 17.5. The fourth-order valence-electron chi connectivity index (χ4n) is 4.78. The predicted octanol–water partition coefficient (Wildman–Crippen LogP) is 3.97. The van der Waals surface area contributed by atoms with E-state index in [4.69, 9.17) is 19.2 Å². The summed E-state index contributed by atoms with van der Waals surface area (Å²) in [6.45, 7) is 11.6. The molecule has 1 aromatic carbocycles. The normalized spacial score (nSPS) is 20.0. The maximum Gasteiger partial charge on any atom is 0.270 e. The van der Waals surface area contributed by atoms with Crippen molar-refractivity contribution in [2.24, 2.45) is 0 Å². The van der Waals surface area contributed by atoms with Gasteiger partial charge in [-0.15, -0.1) is 0 Å². The second kappa shape index (κ2) is 9.85. The van der Waals surface area contributed by atoms with Crippen molar-refractivity contribution in [1.29, 1.82) is 0 Å². The van der Waals surface area contributed by atoms with Crippen LogP contribution in [0.5, 0.6) is 11.5 Å². The summed E-state index contributed by atoms with van der Waals surface area (Å²) in [6, 6.07) is 6.46. The predicted molar refractivity (Wildman–Crippen MR) is 129 cm³/mol. The fourth-order valence-corrected chi connectivity index (χ4v) is 4.78. The Bertz CT molecular complexity index is 1000. The highest BCUT2D eigenvalue weighted by Crippen LogP contribution is 2.42. The SMILES string of the molecule is COCCCOc1cc(C(=O)N[C@@H]2CCCN(C(C)C)C2)nc2c3c(ccc12)CC(C)(C)O3. The Hall–Kier alpha value is -2.38. The second-order valence-corrected chi connectivity index (χ2v) is 10.1. The molecule has 7 nitrogen and oxygen atoms in total. The zero-order valence-corrected chi connectivity index (χ0v) is 20.6. The first-order valence-electron chi connectivity index (χ1n) is 12.1. The zero-order chi connectivity index (χ0) is 23.6. The van der Waals surface area contributed by atoms with Gasteiger partial charge in [-0.1, -0.05) is 6.07 Å². The molecule has 1 aromatic heterocycles. The third-order valence-corrected chi connectivity index (χ3v) is 6.47. The first kappa shape index (κ1) is 23.8. The maximum atomic E-state index is 13.3. The van der Waals surface area contributed by atoms with Crippen molar-refractivity contribution >= 4 is 16.8 Å². The van der Waals surface area contributed by atoms with Crippen molar-refractivity contribution in [2.75, 3.05) is 33.4 Å². The number of nitrogens with one attached hydrogen (secondary N) is 1. The zero-order valence-electron chi connectivity index (χ0n) is 20.6. The highest BCUT2D eigenvalue weighted by molar-refractivity contribution is 5.99. The van der Waals surface area contributed by atoms with Crippen LogP contribution in [-0.2, 0) is 11.2 Å². The summed E-state index contributed by atoms with van der Waals surface area (Å²) in [6.07, 6.45) is 3.64. The largest absolute Gasteiger partial charge is 0.493 e. The van der Waals surface area contributed by atoms with Gasteiger partial charge in [-0.3, -0.25) is 9.69 Å². The molecule has 1 fully saturated rings. The maximum absolute atomic E-state index is 13.3. The number of rotatable bonds is 8. The van der Waals surface area contributed by atoms with Gasteiger partial charge in [0.2, 0.25) is 0 Å². The number of nitrogens with zero attached hydrogens (tertiary/aromatic N) is 2. The summed E-state index contributed by atoms with van der Waals surface area (Å²) in [5.41, 5.74) is 1.88. The molecule has 4 rings (SSSR count). The lowest BCUT2D eigenvalue weighted by Gasteiger charge is -2.35. The number of likely N-dealkylation sites (tertiary alicyclic amines) is 1. The molecule has 0 unspecified atom stereocenters. The summed E-state index contributed by atoms with van der Waals surface area (Å²) in [5, 5.41) is 4.08. The molecule has 33 heavy (non-hydrogen) atoms. The lowest BCUT2D eigenvalue weighted by molar-refractivity contribution is 0.0881. The van der Waals surface area contributed by atoms with Gasteiger partial charge in [0, 0.05) is 62.2 Å². The molecular weight excluding hydrogens is 418 g/mol. The molecule has 7 heteroatoms. The van der Waals surface area contributed by atoms with Crippen LogP contribution in [0.4, 0.5) is 0 Å². The van der Waals surface area contributed by atoms with E-state index >= 15 is 0 Å². The number of amides is 1. The Morgan fingerprint density at radius 1 is 1.33 bits per heavy atom. The van der Waals surface area contributed by atoms with E-state index in [1.807, 2.05) is 6.07 Å². The molecule has 0 saturated carbocycles. The van der Waals surface area contributed by atoms with E-state index in [1.165, 1.54) is 0 Å². The molecule has 0 aliphatic carbocycles. The van der Waals surface area contributed by atoms with Gasteiger partial charge >= 0.3 is 0 Å². The topological polar surface area (TPSA) is 72.9 Å². The first-order chi connectivity index (χ1) is 15.8. The molecule has 3 heterocycles. The Balaban J connectivity index is 1.63. The van der Waals surface area contributed by atoms with Gasteiger partial charge < -0.3 is 19.5 Å². The Kier molecular flexibility index (Phi) is 7.10. The van der Waals surface area contributed by atoms with Crippen molar-refractivity contribution in [3.63, 3.8) is 0 Å². The van der Waals surface area contributed by atoms with E-state index in [2.05, 4.69) is 44.0 Å². The monoisotopic (exact) mass is 455 g/mol. The van der Waals surface area contributed by atoms with Gasteiger partial charge in [0.25, 0.3) is 5.91 Å². The lowest BCUT2D eigenvalue weighted by Crippen LogP contribution is -2.49. The van der Waals surface area contributed by atoms with Gasteiger partial charge in [0.1, 0.15) is 28.3 Å². The van der Waals surface area contributed by atoms with Gasteiger partial charge in [-0.25, -0.2) is 4.98 Å². The summed E-state index contributed by atoms with van der Waals surface area (Å²) in [7, 11) is 1.68. The number of carbonyl (C=O) groups excluding carboxylic acids is 1. The van der Waals surface area contributed by atoms with E-state index in [9.17, 15) is 4.79 Å². The number of hydrogen-bond donors (Lipinski definition) is 1. The van der Waals surface area contributed by atoms with Gasteiger partial charge in [-0.2, -0.15) is 0 Å². The van der Waals surface area contributed by atoms with Gasteiger partial charge in [0.15, 0.2) is 0 Å². The van der Waals surface area contributed by atoms with Crippen LogP contribution in [0.15, 0.2) is 18.2 Å². The second-order valence-electron chi connectivity index (χ2n) is 10.1. The average molecular weight is 456 g/mol. The van der Waals surface area contributed by atoms with E-state index in [0.29, 0.717) is 36.2 Å². The minimum atomic E-state index is -0.293. The molecule has 180 valence electrons. The Morgan fingerprint density at radius 2 is 2.15 bits per heavy atom. The smallest absolute Gasteiger partial charge is 0.270 e. The van der Waals surface area contributed by atoms with Crippen molar-refractivity contribution in [1.82, 2.24) is 15.2 Å². The molecule has 2 aromatic rings. The van der Waals surface area contributed by atoms with Crippen LogP contribution in [0.1, 0.15) is 63.0 Å². The van der Waals surface area contributed by atoms with E-state index in [1.54, 1.807) is 13.2 Å². The quantitative estimate of drug-likeness (QED) is 0.608. The van der Waals surface area contributed by atoms with Crippen LogP contribution in [0, 0.1) is 0 Å². The van der Waals surface area contributed by atoms with E-state index in [0.717, 1.165) is 55.5 Å². The van der Waals surface area contributed by atoms with Crippen LogP contribution in [0.3, 0.4) is 0 Å². The number of fused-ring (bicyclic) bond motifs is 3. The number of pyridine rings is 1. The van der Waals surface area contributed by atoms with E-state index in [-0.39, 0.29) is 17.6 Å². The average Bonchev–Trinajstić information content (AvgIpc) is 3.11. The molecule has 2 aliphatic heterocycles. The van der Waals surface area contributed by atoms with Gasteiger partial charge in [0.05, 0.1) is 6.61 Å². The molecule has 2 aliphatic rings. The summed E-state index contributed by atoms with van der Waals surface area (Å²) in [4.78, 5) is 20.5. The first-order valence-corrected chi connectivity index (χ1v) is 12.1. The van der Waals surface area contributed by atoms with Crippen LogP contribution in [0.2, 0.25) is 0 Å². The number of piperidine rings is 1. The minimum Gasteiger partial charge on any atom is -0.493 e. The molecule has 1 atom stereocenters. The number of carbonyl (C=O) groups is 1. The summed E-state index contributed by atoms with van der Waals surface area (Å²) >= 11 is 0. The molecule has 1 saturated heterocycles. The highest BCUT2D eigenvalue weighted by Gasteiger charge is 2.33. The van der Waals surface area contributed by atoms with Crippen molar-refractivity contribution in [3.05, 3.63) is 29.5 Å². The number of benzene rings is 1. The van der Waals surface area contributed by atoms with Gasteiger partial charge in [-0.05, 0) is 53.1 Å². The molecule has 0 spiro atoms. The molecular formula is C26H37N3O4. The number of methoxy groups -OCH3 is 1. The lowest BCUT2D eigenvalue weighted by atomic mass is 10.0. The Morgan fingerprint density at radius 3 is 2.91 bits per heavy atom. The molecule has 1 amide bonds. The third-order valence-electron chi connectivity index (χ3n) is 6.47. The number of hydrogen-bond acceptors (Lipinski definition) is 6. The molecule has 0 bridgehead atoms. The number of ether oxygens (including phenoxy) is 3. The van der Waals surface area contributed by atoms with E-state index < -0.39 is 0 Å². The fraction of sp³-hybridized carbons (Fsp3) is 0.615. The van der Waals surface area contributed by atoms with Crippen molar-refractivity contribution in [3.8, 4) is 11.5 Å². The van der Waals surface area contributed by atoms with Crippen LogP contribution < -0.4 is 14.8 Å².